The first-order valence-electron chi connectivity index (χ1n) is 4.30. The van der Waals surface area contributed by atoms with E-state index in [1.165, 1.54) is 7.11 Å². The number of fused-ring (bicyclic) bond motifs is 1. The van der Waals surface area contributed by atoms with Gasteiger partial charge in [-0.2, -0.15) is 10.1 Å². The quantitative estimate of drug-likeness (QED) is 0.769. The van der Waals surface area contributed by atoms with E-state index in [0.29, 0.717) is 22.6 Å². The van der Waals surface area contributed by atoms with Crippen molar-refractivity contribution in [2.75, 3.05) is 7.11 Å². The lowest BCUT2D eigenvalue weighted by molar-refractivity contribution is -0.136. The standard InChI is InChI=1S/C9H9N3O3/c1-15-7-3-2-5-6(4-8(13)14)11-12-9(5)10-7/h2-3H,4H2,1H3,(H,13,14)(H,10,11,12). The zero-order chi connectivity index (χ0) is 10.8. The van der Waals surface area contributed by atoms with E-state index in [0.717, 1.165) is 0 Å². The van der Waals surface area contributed by atoms with Crippen molar-refractivity contribution in [3.05, 3.63) is 17.8 Å². The van der Waals surface area contributed by atoms with E-state index in [1.54, 1.807) is 12.1 Å². The van der Waals surface area contributed by atoms with Gasteiger partial charge in [0, 0.05) is 11.5 Å². The zero-order valence-electron chi connectivity index (χ0n) is 8.02. The lowest BCUT2D eigenvalue weighted by Gasteiger charge is -1.97. The fraction of sp³-hybridized carbons (Fsp3) is 0.222. The second kappa shape index (κ2) is 3.56. The molecule has 0 spiro atoms. The highest BCUT2D eigenvalue weighted by atomic mass is 16.5. The average molecular weight is 207 g/mol. The Morgan fingerprint density at radius 2 is 2.40 bits per heavy atom. The molecule has 2 aromatic rings. The molecular weight excluding hydrogens is 198 g/mol. The van der Waals surface area contributed by atoms with Crippen LogP contribution in [0.4, 0.5) is 0 Å². The zero-order valence-corrected chi connectivity index (χ0v) is 8.02. The van der Waals surface area contributed by atoms with Crippen LogP contribution in [-0.4, -0.2) is 33.4 Å². The van der Waals surface area contributed by atoms with Crippen molar-refractivity contribution in [3.8, 4) is 5.88 Å². The largest absolute Gasteiger partial charge is 0.481 e. The molecule has 0 unspecified atom stereocenters. The number of H-pyrrole nitrogens is 1. The number of carboxylic acid groups (broad SMARTS) is 1. The number of ether oxygens (including phenoxy) is 1. The maximum Gasteiger partial charge on any atom is 0.309 e. The summed E-state index contributed by atoms with van der Waals surface area (Å²) in [5.41, 5.74) is 1.01. The van der Waals surface area contributed by atoms with Crippen molar-refractivity contribution in [3.63, 3.8) is 0 Å². The summed E-state index contributed by atoms with van der Waals surface area (Å²) >= 11 is 0. The SMILES string of the molecule is COc1ccc2c(CC(=O)O)[nH]nc2n1. The summed E-state index contributed by atoms with van der Waals surface area (Å²) < 4.78 is 4.93. The Hall–Kier alpha value is -2.11. The van der Waals surface area contributed by atoms with Crippen LogP contribution in [0.3, 0.4) is 0 Å². The van der Waals surface area contributed by atoms with Crippen LogP contribution < -0.4 is 4.74 Å². The van der Waals surface area contributed by atoms with E-state index in [9.17, 15) is 4.79 Å². The number of hydrogen-bond acceptors (Lipinski definition) is 4. The third-order valence-electron chi connectivity index (χ3n) is 2.01. The fourth-order valence-electron chi connectivity index (χ4n) is 1.33. The Morgan fingerprint density at radius 1 is 1.60 bits per heavy atom. The summed E-state index contributed by atoms with van der Waals surface area (Å²) in [5.74, 6) is -0.452. The first-order chi connectivity index (χ1) is 7.20. The molecule has 15 heavy (non-hydrogen) atoms. The van der Waals surface area contributed by atoms with Crippen molar-refractivity contribution >= 4 is 17.0 Å². The van der Waals surface area contributed by atoms with Gasteiger partial charge in [0.1, 0.15) is 0 Å². The van der Waals surface area contributed by atoms with Crippen molar-refractivity contribution in [1.29, 1.82) is 0 Å². The van der Waals surface area contributed by atoms with E-state index >= 15 is 0 Å². The third kappa shape index (κ3) is 1.74. The molecule has 0 radical (unpaired) electrons. The van der Waals surface area contributed by atoms with Gasteiger partial charge in [-0.3, -0.25) is 9.89 Å². The summed E-state index contributed by atoms with van der Waals surface area (Å²) in [6, 6.07) is 3.41. The molecule has 0 amide bonds. The summed E-state index contributed by atoms with van der Waals surface area (Å²) in [6.45, 7) is 0. The van der Waals surface area contributed by atoms with Crippen LogP contribution in [0.15, 0.2) is 12.1 Å². The number of aromatic amines is 1. The number of methoxy groups -OCH3 is 1. The lowest BCUT2D eigenvalue weighted by atomic mass is 10.2. The number of carbonyl (C=O) groups is 1. The summed E-state index contributed by atoms with van der Waals surface area (Å²) in [7, 11) is 1.51. The van der Waals surface area contributed by atoms with Crippen LogP contribution in [0.2, 0.25) is 0 Å². The fourth-order valence-corrected chi connectivity index (χ4v) is 1.33. The number of aliphatic carboxylic acids is 1. The van der Waals surface area contributed by atoms with E-state index in [-0.39, 0.29) is 6.42 Å². The normalized spacial score (nSPS) is 10.5. The third-order valence-corrected chi connectivity index (χ3v) is 2.01. The predicted molar refractivity (Wildman–Crippen MR) is 51.8 cm³/mol. The monoisotopic (exact) mass is 207 g/mol. The Bertz CT molecular complexity index is 506. The number of nitrogens with zero attached hydrogens (tertiary/aromatic N) is 2. The Kier molecular flexibility index (Phi) is 2.24. The number of nitrogens with one attached hydrogen (secondary N) is 1. The van der Waals surface area contributed by atoms with Crippen molar-refractivity contribution in [2.45, 2.75) is 6.42 Å². The number of aromatic nitrogens is 3. The molecule has 0 aliphatic rings. The summed E-state index contributed by atoms with van der Waals surface area (Å²) in [6.07, 6.45) is -0.0927. The number of pyridine rings is 1. The molecule has 0 aliphatic heterocycles. The van der Waals surface area contributed by atoms with Crippen LogP contribution >= 0.6 is 0 Å². The lowest BCUT2D eigenvalue weighted by Crippen LogP contribution is -2.00. The second-order valence-corrected chi connectivity index (χ2v) is 3.00. The van der Waals surface area contributed by atoms with Gasteiger partial charge in [-0.1, -0.05) is 0 Å². The summed E-state index contributed by atoms with van der Waals surface area (Å²) in [4.78, 5) is 14.6. The van der Waals surface area contributed by atoms with Gasteiger partial charge in [-0.25, -0.2) is 0 Å². The van der Waals surface area contributed by atoms with E-state index in [2.05, 4.69) is 15.2 Å². The summed E-state index contributed by atoms with van der Waals surface area (Å²) in [5, 5.41) is 15.9. The average Bonchev–Trinajstić information content (AvgIpc) is 2.60. The maximum atomic E-state index is 10.5. The Morgan fingerprint density at radius 3 is 3.07 bits per heavy atom. The molecule has 0 bridgehead atoms. The van der Waals surface area contributed by atoms with Gasteiger partial charge in [0.15, 0.2) is 5.65 Å². The van der Waals surface area contributed by atoms with Gasteiger partial charge in [0.05, 0.1) is 19.2 Å². The molecule has 2 rings (SSSR count). The molecule has 0 aliphatic carbocycles. The van der Waals surface area contributed by atoms with Gasteiger partial charge >= 0.3 is 5.97 Å². The molecule has 0 atom stereocenters. The van der Waals surface area contributed by atoms with Gasteiger partial charge in [0.25, 0.3) is 0 Å². The van der Waals surface area contributed by atoms with Gasteiger partial charge in [-0.15, -0.1) is 0 Å². The van der Waals surface area contributed by atoms with E-state index in [1.807, 2.05) is 0 Å². The van der Waals surface area contributed by atoms with E-state index in [4.69, 9.17) is 9.84 Å². The molecule has 2 aromatic heterocycles. The molecule has 0 saturated carbocycles. The molecule has 6 heteroatoms. The van der Waals surface area contributed by atoms with Gasteiger partial charge in [-0.05, 0) is 6.07 Å². The minimum atomic E-state index is -0.906. The first kappa shape index (κ1) is 9.45. The minimum absolute atomic E-state index is 0.0927. The van der Waals surface area contributed by atoms with Crippen LogP contribution in [-0.2, 0) is 11.2 Å². The highest BCUT2D eigenvalue weighted by molar-refractivity contribution is 5.82. The van der Waals surface area contributed by atoms with Gasteiger partial charge < -0.3 is 9.84 Å². The van der Waals surface area contributed by atoms with Crippen molar-refractivity contribution in [1.82, 2.24) is 15.2 Å². The first-order valence-corrected chi connectivity index (χ1v) is 4.30. The van der Waals surface area contributed by atoms with Crippen LogP contribution in [0.1, 0.15) is 5.69 Å². The van der Waals surface area contributed by atoms with Gasteiger partial charge in [0.2, 0.25) is 5.88 Å². The number of hydrogen-bond donors (Lipinski definition) is 2. The van der Waals surface area contributed by atoms with Crippen molar-refractivity contribution < 1.29 is 14.6 Å². The smallest absolute Gasteiger partial charge is 0.309 e. The van der Waals surface area contributed by atoms with Crippen LogP contribution in [0.5, 0.6) is 5.88 Å². The Labute approximate surface area is 84.9 Å². The highest BCUT2D eigenvalue weighted by Crippen LogP contribution is 2.17. The molecule has 6 nitrogen and oxygen atoms in total. The predicted octanol–water partition coefficient (Wildman–Crippen LogP) is 0.594. The van der Waals surface area contributed by atoms with Crippen LogP contribution in [0, 0.1) is 0 Å². The van der Waals surface area contributed by atoms with Crippen LogP contribution in [0.25, 0.3) is 11.0 Å². The molecular formula is C9H9N3O3. The second-order valence-electron chi connectivity index (χ2n) is 3.00. The molecule has 78 valence electrons. The Balaban J connectivity index is 2.47. The highest BCUT2D eigenvalue weighted by Gasteiger charge is 2.10. The maximum absolute atomic E-state index is 10.5. The molecule has 2 N–H and O–H groups in total. The van der Waals surface area contributed by atoms with E-state index < -0.39 is 5.97 Å². The molecule has 0 saturated heterocycles. The number of rotatable bonds is 3. The molecule has 0 aromatic carbocycles. The van der Waals surface area contributed by atoms with Crippen molar-refractivity contribution in [2.24, 2.45) is 0 Å². The molecule has 0 fully saturated rings. The molecule has 2 heterocycles. The minimum Gasteiger partial charge on any atom is -0.481 e. The number of carboxylic acids is 1. The topological polar surface area (TPSA) is 88.1 Å².